The summed E-state index contributed by atoms with van der Waals surface area (Å²) in [5, 5.41) is 4.53. The van der Waals surface area contributed by atoms with E-state index in [9.17, 15) is 0 Å². The average Bonchev–Trinajstić information content (AvgIpc) is 3.65. The van der Waals surface area contributed by atoms with Crippen molar-refractivity contribution in [2.75, 3.05) is 4.90 Å². The van der Waals surface area contributed by atoms with Gasteiger partial charge in [0.05, 0.1) is 0 Å². The van der Waals surface area contributed by atoms with Crippen molar-refractivity contribution < 1.29 is 4.42 Å². The van der Waals surface area contributed by atoms with Crippen LogP contribution < -0.4 is 4.90 Å². The fourth-order valence-corrected chi connectivity index (χ4v) is 7.93. The Morgan fingerprint density at radius 3 is 1.26 bits per heavy atom. The maximum Gasteiger partial charge on any atom is 0.143 e. The van der Waals surface area contributed by atoms with Crippen molar-refractivity contribution in [3.8, 4) is 44.5 Å². The van der Waals surface area contributed by atoms with E-state index >= 15 is 0 Å². The van der Waals surface area contributed by atoms with E-state index in [-0.39, 0.29) is 0 Å². The smallest absolute Gasteiger partial charge is 0.143 e. The van der Waals surface area contributed by atoms with Crippen molar-refractivity contribution in [3.05, 3.63) is 212 Å². The third-order valence-electron chi connectivity index (χ3n) is 10.5. The Morgan fingerprint density at radius 2 is 0.667 bits per heavy atom. The maximum atomic E-state index is 6.71. The monoisotopic (exact) mass is 689 g/mol. The Morgan fingerprint density at radius 1 is 0.278 bits per heavy atom. The zero-order valence-electron chi connectivity index (χ0n) is 29.6. The Hall–Kier alpha value is -7.16. The molecule has 10 aromatic rings. The Labute approximate surface area is 314 Å². The third-order valence-corrected chi connectivity index (χ3v) is 10.5. The lowest BCUT2D eigenvalue weighted by molar-refractivity contribution is 0.673. The zero-order chi connectivity index (χ0) is 35.8. The van der Waals surface area contributed by atoms with E-state index in [0.29, 0.717) is 0 Å². The van der Waals surface area contributed by atoms with Gasteiger partial charge < -0.3 is 9.32 Å². The highest BCUT2D eigenvalue weighted by Gasteiger charge is 2.23. The van der Waals surface area contributed by atoms with Gasteiger partial charge in [-0.2, -0.15) is 0 Å². The number of furan rings is 1. The quantitative estimate of drug-likeness (QED) is 0.166. The predicted octanol–water partition coefficient (Wildman–Crippen LogP) is 14.9. The summed E-state index contributed by atoms with van der Waals surface area (Å²) in [7, 11) is 0. The first kappa shape index (κ1) is 31.6. The lowest BCUT2D eigenvalue weighted by Crippen LogP contribution is -2.09. The van der Waals surface area contributed by atoms with Gasteiger partial charge in [0.2, 0.25) is 0 Å². The fourth-order valence-electron chi connectivity index (χ4n) is 7.93. The van der Waals surface area contributed by atoms with Gasteiger partial charge in [0.15, 0.2) is 0 Å². The van der Waals surface area contributed by atoms with Crippen LogP contribution in [0.15, 0.2) is 217 Å². The van der Waals surface area contributed by atoms with Gasteiger partial charge in [-0.15, -0.1) is 0 Å². The first-order valence-corrected chi connectivity index (χ1v) is 18.4. The summed E-state index contributed by atoms with van der Waals surface area (Å²) in [4.78, 5) is 2.32. The summed E-state index contributed by atoms with van der Waals surface area (Å²) >= 11 is 0. The molecule has 0 amide bonds. The summed E-state index contributed by atoms with van der Waals surface area (Å²) in [6.45, 7) is 0. The van der Waals surface area contributed by atoms with Crippen LogP contribution in [0.2, 0.25) is 0 Å². The molecular weight excluding hydrogens is 655 g/mol. The van der Waals surface area contributed by atoms with Crippen LogP contribution in [-0.2, 0) is 0 Å². The molecule has 0 unspecified atom stereocenters. The normalized spacial score (nSPS) is 11.3. The molecule has 54 heavy (non-hydrogen) atoms. The average molecular weight is 690 g/mol. The lowest BCUT2D eigenvalue weighted by atomic mass is 9.86. The van der Waals surface area contributed by atoms with E-state index in [2.05, 4.69) is 217 Å². The summed E-state index contributed by atoms with van der Waals surface area (Å²) in [5.74, 6) is 0. The molecule has 0 N–H and O–H groups in total. The Kier molecular flexibility index (Phi) is 7.85. The molecule has 254 valence electrons. The van der Waals surface area contributed by atoms with Crippen LogP contribution >= 0.6 is 0 Å². The standard InChI is InChI=1S/C52H35NO/c1-4-14-36(15-5-1)38-24-26-40(27-25-38)49-45-20-10-11-21-46(45)52-51(47-22-12-13-23-48(47)54-52)50(49)41-30-34-44(35-31-41)53(42-18-8-3-9-19-42)43-32-28-39(29-33-43)37-16-6-2-7-17-37/h1-35H. The number of para-hydroxylation sites is 2. The van der Waals surface area contributed by atoms with Crippen molar-refractivity contribution in [2.24, 2.45) is 0 Å². The van der Waals surface area contributed by atoms with Gasteiger partial charge in [0, 0.05) is 38.8 Å². The Bertz CT molecular complexity index is 2880. The van der Waals surface area contributed by atoms with Gasteiger partial charge in [0.1, 0.15) is 11.2 Å². The number of benzene rings is 9. The minimum Gasteiger partial charge on any atom is -0.455 e. The van der Waals surface area contributed by atoms with Gasteiger partial charge >= 0.3 is 0 Å². The number of anilines is 3. The van der Waals surface area contributed by atoms with E-state index in [1.165, 1.54) is 44.3 Å². The molecule has 2 nitrogen and oxygen atoms in total. The van der Waals surface area contributed by atoms with Crippen LogP contribution in [0.25, 0.3) is 77.2 Å². The number of hydrogen-bond donors (Lipinski definition) is 0. The number of hydrogen-bond acceptors (Lipinski definition) is 2. The lowest BCUT2D eigenvalue weighted by Gasteiger charge is -2.26. The van der Waals surface area contributed by atoms with Crippen LogP contribution in [0.3, 0.4) is 0 Å². The molecule has 0 saturated heterocycles. The van der Waals surface area contributed by atoms with Crippen LogP contribution in [0.5, 0.6) is 0 Å². The summed E-state index contributed by atoms with van der Waals surface area (Å²) in [6, 6.07) is 75.7. The highest BCUT2D eigenvalue weighted by atomic mass is 16.3. The fraction of sp³-hybridized carbons (Fsp3) is 0. The third kappa shape index (κ3) is 5.53. The van der Waals surface area contributed by atoms with Crippen LogP contribution in [-0.4, -0.2) is 0 Å². The molecule has 0 saturated carbocycles. The predicted molar refractivity (Wildman–Crippen MR) is 228 cm³/mol. The largest absolute Gasteiger partial charge is 0.455 e. The van der Waals surface area contributed by atoms with E-state index in [1.54, 1.807) is 0 Å². The molecule has 0 bridgehead atoms. The van der Waals surface area contributed by atoms with Crippen molar-refractivity contribution in [1.29, 1.82) is 0 Å². The molecule has 0 aliphatic carbocycles. The highest BCUT2D eigenvalue weighted by molar-refractivity contribution is 6.26. The molecule has 2 heteroatoms. The maximum absolute atomic E-state index is 6.71. The second-order valence-electron chi connectivity index (χ2n) is 13.7. The van der Waals surface area contributed by atoms with Crippen molar-refractivity contribution in [3.63, 3.8) is 0 Å². The zero-order valence-corrected chi connectivity index (χ0v) is 29.6. The van der Waals surface area contributed by atoms with Crippen LogP contribution in [0, 0.1) is 0 Å². The molecule has 10 rings (SSSR count). The van der Waals surface area contributed by atoms with E-state index in [0.717, 1.165) is 50.0 Å². The summed E-state index contributed by atoms with van der Waals surface area (Å²) < 4.78 is 6.71. The van der Waals surface area contributed by atoms with Gasteiger partial charge in [-0.1, -0.05) is 170 Å². The van der Waals surface area contributed by atoms with E-state index < -0.39 is 0 Å². The second kappa shape index (κ2) is 13.4. The number of nitrogens with zero attached hydrogens (tertiary/aromatic N) is 1. The van der Waals surface area contributed by atoms with Gasteiger partial charge in [0.25, 0.3) is 0 Å². The van der Waals surface area contributed by atoms with Crippen LogP contribution in [0.1, 0.15) is 0 Å². The molecular formula is C52H35NO. The van der Waals surface area contributed by atoms with E-state index in [4.69, 9.17) is 4.42 Å². The molecule has 0 aliphatic heterocycles. The SMILES string of the molecule is c1ccc(-c2ccc(-c3c(-c4ccc(N(c5ccccc5)c5ccc(-c6ccccc6)cc5)cc4)c4c5ccccc5oc4c4ccccc34)cc2)cc1. The number of fused-ring (bicyclic) bond motifs is 5. The molecule has 0 radical (unpaired) electrons. The molecule has 0 fully saturated rings. The molecule has 1 heterocycles. The van der Waals surface area contributed by atoms with Gasteiger partial charge in [-0.05, 0) is 86.8 Å². The molecule has 9 aromatic carbocycles. The molecule has 0 spiro atoms. The first-order chi connectivity index (χ1) is 26.8. The topological polar surface area (TPSA) is 16.4 Å². The van der Waals surface area contributed by atoms with Crippen molar-refractivity contribution in [2.45, 2.75) is 0 Å². The Balaban J connectivity index is 1.16. The van der Waals surface area contributed by atoms with Crippen molar-refractivity contribution >= 4 is 49.8 Å². The van der Waals surface area contributed by atoms with Crippen LogP contribution in [0.4, 0.5) is 17.1 Å². The minimum atomic E-state index is 0.890. The minimum absolute atomic E-state index is 0.890. The van der Waals surface area contributed by atoms with Gasteiger partial charge in [-0.3, -0.25) is 0 Å². The van der Waals surface area contributed by atoms with Crippen molar-refractivity contribution in [1.82, 2.24) is 0 Å². The molecule has 1 aromatic heterocycles. The molecule has 0 aliphatic rings. The second-order valence-corrected chi connectivity index (χ2v) is 13.7. The highest BCUT2D eigenvalue weighted by Crippen LogP contribution is 2.49. The molecule has 0 atom stereocenters. The summed E-state index contributed by atoms with van der Waals surface area (Å²) in [5.41, 5.74) is 14.6. The first-order valence-electron chi connectivity index (χ1n) is 18.4. The number of rotatable bonds is 7. The summed E-state index contributed by atoms with van der Waals surface area (Å²) in [6.07, 6.45) is 0. The van der Waals surface area contributed by atoms with E-state index in [1.807, 2.05) is 0 Å². The van der Waals surface area contributed by atoms with Gasteiger partial charge in [-0.25, -0.2) is 0 Å².